The van der Waals surface area contributed by atoms with Gasteiger partial charge in [-0.3, -0.25) is 14.2 Å². The van der Waals surface area contributed by atoms with E-state index in [2.05, 4.69) is 18.8 Å². The number of aromatic nitrogens is 2. The molecule has 0 aromatic carbocycles. The molecule has 136 valence electrons. The number of carbonyl (C=O) groups is 1. The van der Waals surface area contributed by atoms with E-state index in [9.17, 15) is 9.59 Å². The maximum atomic E-state index is 12.8. The summed E-state index contributed by atoms with van der Waals surface area (Å²) in [7, 11) is 0. The minimum atomic E-state index is -0.571. The van der Waals surface area contributed by atoms with Crippen LogP contribution in [0.1, 0.15) is 38.1 Å². The van der Waals surface area contributed by atoms with E-state index in [1.807, 2.05) is 18.7 Å². The Labute approximate surface area is 156 Å². The fourth-order valence-corrected chi connectivity index (χ4v) is 4.51. The Hall–Kier alpha value is -1.40. The highest BCUT2D eigenvalue weighted by Crippen LogP contribution is 2.34. The van der Waals surface area contributed by atoms with Gasteiger partial charge >= 0.3 is 0 Å². The van der Waals surface area contributed by atoms with Crippen LogP contribution < -0.4 is 5.56 Å². The van der Waals surface area contributed by atoms with Gasteiger partial charge in [-0.15, -0.1) is 22.9 Å². The first-order chi connectivity index (χ1) is 11.7. The molecule has 3 heterocycles. The highest BCUT2D eigenvalue weighted by Gasteiger charge is 2.34. The lowest BCUT2D eigenvalue weighted by atomic mass is 9.93. The van der Waals surface area contributed by atoms with Crippen molar-refractivity contribution in [1.82, 2.24) is 14.5 Å². The molecule has 1 aliphatic rings. The predicted molar refractivity (Wildman–Crippen MR) is 102 cm³/mol. The molecule has 2 aromatic rings. The van der Waals surface area contributed by atoms with Crippen LogP contribution in [0.3, 0.4) is 0 Å². The molecular weight excluding hydrogens is 358 g/mol. The van der Waals surface area contributed by atoms with Gasteiger partial charge in [0.25, 0.3) is 5.56 Å². The lowest BCUT2D eigenvalue weighted by molar-refractivity contribution is -0.140. The Kier molecular flexibility index (Phi) is 4.95. The highest BCUT2D eigenvalue weighted by atomic mass is 35.5. The molecule has 0 saturated carbocycles. The molecule has 7 heteroatoms. The van der Waals surface area contributed by atoms with Crippen LogP contribution in [0.4, 0.5) is 0 Å². The van der Waals surface area contributed by atoms with E-state index in [4.69, 9.17) is 11.6 Å². The molecule has 0 unspecified atom stereocenters. The van der Waals surface area contributed by atoms with E-state index in [0.717, 1.165) is 20.7 Å². The molecule has 5 nitrogen and oxygen atoms in total. The summed E-state index contributed by atoms with van der Waals surface area (Å²) < 4.78 is 1.70. The lowest BCUT2D eigenvalue weighted by Crippen LogP contribution is -2.44. The quantitative estimate of drug-likeness (QED) is 0.764. The molecule has 0 spiro atoms. The van der Waals surface area contributed by atoms with E-state index in [-0.39, 0.29) is 11.5 Å². The summed E-state index contributed by atoms with van der Waals surface area (Å²) in [6.45, 7) is 9.74. The van der Waals surface area contributed by atoms with Crippen molar-refractivity contribution in [2.75, 3.05) is 12.4 Å². The lowest BCUT2D eigenvalue weighted by Gasteiger charge is -2.33. The first-order valence-corrected chi connectivity index (χ1v) is 9.94. The molecule has 25 heavy (non-hydrogen) atoms. The number of amides is 1. The van der Waals surface area contributed by atoms with Crippen molar-refractivity contribution in [2.45, 2.75) is 47.2 Å². The fourth-order valence-electron chi connectivity index (χ4n) is 3.20. The molecule has 0 aliphatic carbocycles. The Morgan fingerprint density at radius 3 is 2.80 bits per heavy atom. The van der Waals surface area contributed by atoms with Crippen molar-refractivity contribution in [3.8, 4) is 0 Å². The van der Waals surface area contributed by atoms with Crippen molar-refractivity contribution in [3.63, 3.8) is 0 Å². The number of thiophene rings is 1. The van der Waals surface area contributed by atoms with Gasteiger partial charge < -0.3 is 4.90 Å². The number of alkyl halides is 1. The van der Waals surface area contributed by atoms with Crippen molar-refractivity contribution < 1.29 is 4.79 Å². The summed E-state index contributed by atoms with van der Waals surface area (Å²) in [4.78, 5) is 33.7. The number of carbonyl (C=O) groups excluding carboxylic acids is 1. The van der Waals surface area contributed by atoms with Gasteiger partial charge in [-0.2, -0.15) is 0 Å². The molecule has 2 aromatic heterocycles. The first-order valence-electron chi connectivity index (χ1n) is 8.59. The van der Waals surface area contributed by atoms with Crippen LogP contribution in [0.5, 0.6) is 0 Å². The summed E-state index contributed by atoms with van der Waals surface area (Å²) in [6.07, 6.45) is 2.34. The van der Waals surface area contributed by atoms with Gasteiger partial charge in [0.05, 0.1) is 23.7 Å². The van der Waals surface area contributed by atoms with E-state index in [1.54, 1.807) is 10.9 Å². The molecule has 1 aliphatic heterocycles. The summed E-state index contributed by atoms with van der Waals surface area (Å²) >= 11 is 7.48. The van der Waals surface area contributed by atoms with E-state index in [1.165, 1.54) is 11.3 Å². The van der Waals surface area contributed by atoms with Crippen LogP contribution >= 0.6 is 22.9 Å². The maximum Gasteiger partial charge on any atom is 0.262 e. The van der Waals surface area contributed by atoms with Crippen LogP contribution in [0.15, 0.2) is 11.1 Å². The normalized spacial score (nSPS) is 15.0. The van der Waals surface area contributed by atoms with Gasteiger partial charge in [0, 0.05) is 23.8 Å². The number of hydrogen-bond donors (Lipinski definition) is 0. The third-order valence-electron chi connectivity index (χ3n) is 4.59. The Morgan fingerprint density at radius 2 is 2.16 bits per heavy atom. The largest absolute Gasteiger partial charge is 0.337 e. The number of hydrogen-bond acceptors (Lipinski definition) is 4. The number of rotatable bonds is 4. The molecule has 0 fully saturated rings. The van der Waals surface area contributed by atoms with E-state index in [0.29, 0.717) is 37.9 Å². The van der Waals surface area contributed by atoms with Crippen LogP contribution in [-0.2, 0) is 24.3 Å². The summed E-state index contributed by atoms with van der Waals surface area (Å²) in [5.41, 5.74) is 0.540. The summed E-state index contributed by atoms with van der Waals surface area (Å²) in [5.74, 6) is 0.747. The molecule has 3 rings (SSSR count). The minimum Gasteiger partial charge on any atom is -0.337 e. The highest BCUT2D eigenvalue weighted by molar-refractivity contribution is 7.18. The van der Waals surface area contributed by atoms with Gasteiger partial charge in [0.15, 0.2) is 0 Å². The van der Waals surface area contributed by atoms with Crippen molar-refractivity contribution in [3.05, 3.63) is 27.1 Å². The molecule has 1 amide bonds. The van der Waals surface area contributed by atoms with Crippen LogP contribution in [-0.4, -0.2) is 32.8 Å². The average Bonchev–Trinajstić information content (AvgIpc) is 2.94. The SMILES string of the molecule is CC(C)Cn1cnc2sc3c(c2c1=O)CCN(C(=O)C(C)(C)CCl)C3. The van der Waals surface area contributed by atoms with Gasteiger partial charge in [-0.25, -0.2) is 4.98 Å². The van der Waals surface area contributed by atoms with E-state index < -0.39 is 5.41 Å². The van der Waals surface area contributed by atoms with Gasteiger partial charge in [-0.1, -0.05) is 13.8 Å². The average molecular weight is 382 g/mol. The zero-order valence-corrected chi connectivity index (χ0v) is 16.7. The monoisotopic (exact) mass is 381 g/mol. The third-order valence-corrected chi connectivity index (χ3v) is 6.38. The van der Waals surface area contributed by atoms with E-state index >= 15 is 0 Å². The number of fused-ring (bicyclic) bond motifs is 3. The molecule has 0 N–H and O–H groups in total. The zero-order chi connectivity index (χ0) is 18.4. The number of nitrogens with zero attached hydrogens (tertiary/aromatic N) is 3. The minimum absolute atomic E-state index is 0.0389. The summed E-state index contributed by atoms with van der Waals surface area (Å²) in [6, 6.07) is 0. The maximum absolute atomic E-state index is 12.8. The number of halogens is 1. The molecule has 0 saturated heterocycles. The standard InChI is InChI=1S/C18H24ClN3O2S/c1-11(2)7-22-10-20-15-14(16(22)23)12-5-6-21(8-13(12)25-15)17(24)18(3,4)9-19/h10-11H,5-9H2,1-4H3. The van der Waals surface area contributed by atoms with Crippen LogP contribution in [0.2, 0.25) is 0 Å². The molecular formula is C18H24ClN3O2S. The second-order valence-corrected chi connectivity index (χ2v) is 9.12. The van der Waals surface area contributed by atoms with Crippen molar-refractivity contribution in [1.29, 1.82) is 0 Å². The smallest absolute Gasteiger partial charge is 0.262 e. The van der Waals surface area contributed by atoms with Crippen molar-refractivity contribution in [2.24, 2.45) is 11.3 Å². The van der Waals surface area contributed by atoms with Crippen LogP contribution in [0.25, 0.3) is 10.2 Å². The Morgan fingerprint density at radius 1 is 1.44 bits per heavy atom. The molecule has 0 bridgehead atoms. The first kappa shape index (κ1) is 18.4. The zero-order valence-electron chi connectivity index (χ0n) is 15.1. The Balaban J connectivity index is 1.97. The third kappa shape index (κ3) is 3.34. The van der Waals surface area contributed by atoms with Gasteiger partial charge in [0.2, 0.25) is 5.91 Å². The summed E-state index contributed by atoms with van der Waals surface area (Å²) in [5, 5.41) is 0.742. The molecule has 0 radical (unpaired) electrons. The second kappa shape index (κ2) is 6.72. The topological polar surface area (TPSA) is 55.2 Å². The van der Waals surface area contributed by atoms with Crippen LogP contribution in [0, 0.1) is 11.3 Å². The second-order valence-electron chi connectivity index (χ2n) is 7.77. The Bertz CT molecular complexity index is 869. The predicted octanol–water partition coefficient (Wildman–Crippen LogP) is 3.26. The molecule has 0 atom stereocenters. The van der Waals surface area contributed by atoms with Gasteiger partial charge in [-0.05, 0) is 31.7 Å². The fraction of sp³-hybridized carbons (Fsp3) is 0.611. The van der Waals surface area contributed by atoms with Gasteiger partial charge in [0.1, 0.15) is 4.83 Å². The van der Waals surface area contributed by atoms with Crippen molar-refractivity contribution >= 4 is 39.1 Å².